The SMILES string of the molecule is Cc1cc(C)c(S(=O)(=O)Nc2ccccc2O)cc1C. The van der Waals surface area contributed by atoms with Gasteiger partial charge in [-0.1, -0.05) is 18.2 Å². The molecule has 2 aromatic carbocycles. The highest BCUT2D eigenvalue weighted by Gasteiger charge is 2.19. The smallest absolute Gasteiger partial charge is 0.262 e. The van der Waals surface area contributed by atoms with E-state index in [0.717, 1.165) is 11.1 Å². The Hall–Kier alpha value is -2.01. The molecule has 0 spiro atoms. The maximum absolute atomic E-state index is 12.4. The third-order valence-electron chi connectivity index (χ3n) is 3.23. The zero-order chi connectivity index (χ0) is 14.9. The van der Waals surface area contributed by atoms with Gasteiger partial charge in [0, 0.05) is 0 Å². The molecule has 0 saturated heterocycles. The summed E-state index contributed by atoms with van der Waals surface area (Å²) in [5.74, 6) is -0.0995. The summed E-state index contributed by atoms with van der Waals surface area (Å²) in [4.78, 5) is 0.226. The Morgan fingerprint density at radius 1 is 0.950 bits per heavy atom. The van der Waals surface area contributed by atoms with E-state index in [0.29, 0.717) is 5.56 Å². The van der Waals surface area contributed by atoms with Gasteiger partial charge >= 0.3 is 0 Å². The summed E-state index contributed by atoms with van der Waals surface area (Å²) in [6.45, 7) is 5.56. The quantitative estimate of drug-likeness (QED) is 0.854. The van der Waals surface area contributed by atoms with Crippen LogP contribution in [0.3, 0.4) is 0 Å². The van der Waals surface area contributed by atoms with E-state index in [1.165, 1.54) is 12.1 Å². The van der Waals surface area contributed by atoms with Crippen LogP contribution in [0.2, 0.25) is 0 Å². The van der Waals surface area contributed by atoms with Gasteiger partial charge in [0.25, 0.3) is 10.0 Å². The van der Waals surface area contributed by atoms with Gasteiger partial charge in [-0.2, -0.15) is 0 Å². The molecule has 0 unspecified atom stereocenters. The van der Waals surface area contributed by atoms with Crippen LogP contribution >= 0.6 is 0 Å². The second-order valence-electron chi connectivity index (χ2n) is 4.82. The Labute approximate surface area is 119 Å². The summed E-state index contributed by atoms with van der Waals surface area (Å²) in [5.41, 5.74) is 2.80. The average Bonchev–Trinajstić information content (AvgIpc) is 2.36. The van der Waals surface area contributed by atoms with Crippen molar-refractivity contribution in [1.82, 2.24) is 0 Å². The molecule has 0 heterocycles. The normalized spacial score (nSPS) is 11.3. The summed E-state index contributed by atoms with van der Waals surface area (Å²) in [6, 6.07) is 9.73. The van der Waals surface area contributed by atoms with Gasteiger partial charge in [0.05, 0.1) is 10.6 Å². The molecular weight excluding hydrogens is 274 g/mol. The van der Waals surface area contributed by atoms with Gasteiger partial charge in [0.2, 0.25) is 0 Å². The molecule has 0 aromatic heterocycles. The highest BCUT2D eigenvalue weighted by Crippen LogP contribution is 2.27. The van der Waals surface area contributed by atoms with Crippen LogP contribution in [0.1, 0.15) is 16.7 Å². The van der Waals surface area contributed by atoms with Crippen molar-refractivity contribution in [2.45, 2.75) is 25.7 Å². The number of anilines is 1. The molecule has 0 fully saturated rings. The van der Waals surface area contributed by atoms with E-state index in [1.807, 2.05) is 19.9 Å². The lowest BCUT2D eigenvalue weighted by molar-refractivity contribution is 0.477. The summed E-state index contributed by atoms with van der Waals surface area (Å²) in [6.07, 6.45) is 0. The molecule has 0 aliphatic rings. The lowest BCUT2D eigenvalue weighted by atomic mass is 10.1. The summed E-state index contributed by atoms with van der Waals surface area (Å²) in [5, 5.41) is 9.66. The molecule has 2 aromatic rings. The van der Waals surface area contributed by atoms with Gasteiger partial charge in [-0.3, -0.25) is 4.72 Å². The number of aromatic hydroxyl groups is 1. The predicted octanol–water partition coefficient (Wildman–Crippen LogP) is 3.12. The molecule has 0 radical (unpaired) electrons. The van der Waals surface area contributed by atoms with Crippen molar-refractivity contribution in [1.29, 1.82) is 0 Å². The molecule has 0 atom stereocenters. The zero-order valence-electron chi connectivity index (χ0n) is 11.6. The van der Waals surface area contributed by atoms with Crippen LogP contribution in [-0.2, 0) is 10.0 Å². The molecule has 106 valence electrons. The summed E-state index contributed by atoms with van der Waals surface area (Å²) >= 11 is 0. The third kappa shape index (κ3) is 2.77. The number of sulfonamides is 1. The van der Waals surface area contributed by atoms with E-state index in [2.05, 4.69) is 4.72 Å². The number of hydrogen-bond acceptors (Lipinski definition) is 3. The van der Waals surface area contributed by atoms with Crippen LogP contribution in [0.15, 0.2) is 41.3 Å². The minimum atomic E-state index is -3.72. The van der Waals surface area contributed by atoms with Gasteiger partial charge < -0.3 is 5.11 Å². The number of rotatable bonds is 3. The predicted molar refractivity (Wildman–Crippen MR) is 79.6 cm³/mol. The highest BCUT2D eigenvalue weighted by atomic mass is 32.2. The number of para-hydroxylation sites is 2. The van der Waals surface area contributed by atoms with Crippen LogP contribution in [0.25, 0.3) is 0 Å². The number of hydrogen-bond donors (Lipinski definition) is 2. The Balaban J connectivity index is 2.47. The fourth-order valence-electron chi connectivity index (χ4n) is 1.98. The topological polar surface area (TPSA) is 66.4 Å². The van der Waals surface area contributed by atoms with E-state index >= 15 is 0 Å². The number of phenols is 1. The molecule has 0 aliphatic carbocycles. The molecule has 0 bridgehead atoms. The molecular formula is C15H17NO3S. The lowest BCUT2D eigenvalue weighted by Crippen LogP contribution is -2.14. The molecule has 0 aliphatic heterocycles. The van der Waals surface area contributed by atoms with Gasteiger partial charge in [-0.05, 0) is 55.7 Å². The fraction of sp³-hybridized carbons (Fsp3) is 0.200. The van der Waals surface area contributed by atoms with Crippen molar-refractivity contribution in [3.8, 4) is 5.75 Å². The first-order chi connectivity index (χ1) is 9.31. The maximum Gasteiger partial charge on any atom is 0.262 e. The largest absolute Gasteiger partial charge is 0.506 e. The number of aryl methyl sites for hydroxylation is 3. The van der Waals surface area contributed by atoms with Crippen molar-refractivity contribution >= 4 is 15.7 Å². The minimum Gasteiger partial charge on any atom is -0.506 e. The Bertz CT molecular complexity index is 752. The van der Waals surface area contributed by atoms with Gasteiger partial charge in [-0.25, -0.2) is 8.42 Å². The van der Waals surface area contributed by atoms with Crippen molar-refractivity contribution in [2.24, 2.45) is 0 Å². The van der Waals surface area contributed by atoms with E-state index in [1.54, 1.807) is 25.1 Å². The Kier molecular flexibility index (Phi) is 3.72. The van der Waals surface area contributed by atoms with Crippen molar-refractivity contribution in [3.63, 3.8) is 0 Å². The fourth-order valence-corrected chi connectivity index (χ4v) is 3.37. The van der Waals surface area contributed by atoms with Crippen molar-refractivity contribution in [2.75, 3.05) is 4.72 Å². The highest BCUT2D eigenvalue weighted by molar-refractivity contribution is 7.92. The first-order valence-electron chi connectivity index (χ1n) is 6.20. The first kappa shape index (κ1) is 14.4. The minimum absolute atomic E-state index is 0.0995. The van der Waals surface area contributed by atoms with Crippen molar-refractivity contribution in [3.05, 3.63) is 53.1 Å². The average molecular weight is 291 g/mol. The summed E-state index contributed by atoms with van der Waals surface area (Å²) in [7, 11) is -3.72. The maximum atomic E-state index is 12.4. The van der Waals surface area contributed by atoms with E-state index in [9.17, 15) is 13.5 Å². The lowest BCUT2D eigenvalue weighted by Gasteiger charge is -2.13. The molecule has 20 heavy (non-hydrogen) atoms. The second-order valence-corrected chi connectivity index (χ2v) is 6.48. The second kappa shape index (κ2) is 5.17. The molecule has 0 amide bonds. The molecule has 5 heteroatoms. The van der Waals surface area contributed by atoms with E-state index in [-0.39, 0.29) is 16.3 Å². The molecule has 4 nitrogen and oxygen atoms in total. The van der Waals surface area contributed by atoms with E-state index in [4.69, 9.17) is 0 Å². The van der Waals surface area contributed by atoms with Crippen LogP contribution in [0.4, 0.5) is 5.69 Å². The van der Waals surface area contributed by atoms with Crippen LogP contribution in [0.5, 0.6) is 5.75 Å². The number of benzene rings is 2. The standard InChI is InChI=1S/C15H17NO3S/c1-10-8-12(3)15(9-11(10)2)20(18,19)16-13-6-4-5-7-14(13)17/h4-9,16-17H,1-3H3. The van der Waals surface area contributed by atoms with Crippen LogP contribution in [0, 0.1) is 20.8 Å². The molecule has 2 N–H and O–H groups in total. The van der Waals surface area contributed by atoms with E-state index < -0.39 is 10.0 Å². The van der Waals surface area contributed by atoms with Crippen LogP contribution in [-0.4, -0.2) is 13.5 Å². The van der Waals surface area contributed by atoms with Gasteiger partial charge in [0.15, 0.2) is 0 Å². The third-order valence-corrected chi connectivity index (χ3v) is 4.74. The van der Waals surface area contributed by atoms with Gasteiger partial charge in [0.1, 0.15) is 5.75 Å². The number of phenolic OH excluding ortho intramolecular Hbond substituents is 1. The zero-order valence-corrected chi connectivity index (χ0v) is 12.5. The first-order valence-corrected chi connectivity index (χ1v) is 7.68. The Morgan fingerprint density at radius 3 is 2.20 bits per heavy atom. The van der Waals surface area contributed by atoms with Gasteiger partial charge in [-0.15, -0.1) is 0 Å². The Morgan fingerprint density at radius 2 is 1.55 bits per heavy atom. The molecule has 0 saturated carbocycles. The monoisotopic (exact) mass is 291 g/mol. The number of nitrogens with one attached hydrogen (secondary N) is 1. The van der Waals surface area contributed by atoms with Crippen molar-refractivity contribution < 1.29 is 13.5 Å². The molecule has 2 rings (SSSR count). The van der Waals surface area contributed by atoms with Crippen LogP contribution < -0.4 is 4.72 Å². The summed E-state index contributed by atoms with van der Waals surface area (Å²) < 4.78 is 27.2.